The lowest BCUT2D eigenvalue weighted by Gasteiger charge is -2.24. The number of nitrogens with one attached hydrogen (secondary N) is 1. The van der Waals surface area contributed by atoms with Gasteiger partial charge in [0.1, 0.15) is 5.82 Å². The Morgan fingerprint density at radius 1 is 1.32 bits per heavy atom. The number of nitrogens with zero attached hydrogens (tertiary/aromatic N) is 1. The van der Waals surface area contributed by atoms with Crippen molar-refractivity contribution in [2.75, 3.05) is 19.2 Å². The van der Waals surface area contributed by atoms with Crippen LogP contribution in [0, 0.1) is 5.82 Å². The van der Waals surface area contributed by atoms with Gasteiger partial charge in [-0.1, -0.05) is 17.7 Å². The molecule has 1 amide bonds. The summed E-state index contributed by atoms with van der Waals surface area (Å²) in [4.78, 5) is 14.2. The molecule has 0 aromatic heterocycles. The summed E-state index contributed by atoms with van der Waals surface area (Å²) in [5.41, 5.74) is 0.979. The van der Waals surface area contributed by atoms with Gasteiger partial charge in [0.2, 0.25) is 12.7 Å². The number of ether oxygens (including phenoxy) is 2. The van der Waals surface area contributed by atoms with Gasteiger partial charge in [-0.25, -0.2) is 4.39 Å². The van der Waals surface area contributed by atoms with Crippen molar-refractivity contribution >= 4 is 23.2 Å². The lowest BCUT2D eigenvalue weighted by atomic mass is 10.1. The van der Waals surface area contributed by atoms with E-state index in [1.165, 1.54) is 6.07 Å². The van der Waals surface area contributed by atoms with Crippen molar-refractivity contribution in [2.24, 2.45) is 0 Å². The average Bonchev–Trinajstić information content (AvgIpc) is 3.05. The highest BCUT2D eigenvalue weighted by Crippen LogP contribution is 2.34. The average molecular weight is 365 g/mol. The third-order valence-corrected chi connectivity index (χ3v) is 4.50. The van der Waals surface area contributed by atoms with E-state index in [0.29, 0.717) is 27.8 Å². The van der Waals surface area contributed by atoms with Gasteiger partial charge >= 0.3 is 0 Å². The highest BCUT2D eigenvalue weighted by Gasteiger charge is 2.21. The number of benzene rings is 2. The lowest BCUT2D eigenvalue weighted by Crippen LogP contribution is -2.39. The van der Waals surface area contributed by atoms with Crippen molar-refractivity contribution in [1.29, 1.82) is 0 Å². The Bertz CT molecular complexity index is 780. The topological polar surface area (TPSA) is 50.8 Å². The Balaban J connectivity index is 1.65. The van der Waals surface area contributed by atoms with Gasteiger partial charge in [0.25, 0.3) is 0 Å². The van der Waals surface area contributed by atoms with E-state index in [1.54, 1.807) is 49.2 Å². The molecule has 1 N–H and O–H groups in total. The van der Waals surface area contributed by atoms with Gasteiger partial charge in [0.15, 0.2) is 11.5 Å². The fourth-order valence-corrected chi connectivity index (χ4v) is 2.71. The molecular weight excluding hydrogens is 347 g/mol. The summed E-state index contributed by atoms with van der Waals surface area (Å²) >= 11 is 6.05. The minimum absolute atomic E-state index is 0.176. The zero-order chi connectivity index (χ0) is 18.0. The molecule has 7 heteroatoms. The third-order valence-electron chi connectivity index (χ3n) is 4.15. The Morgan fingerprint density at radius 2 is 2.08 bits per heavy atom. The Hall–Kier alpha value is -2.31. The van der Waals surface area contributed by atoms with Crippen LogP contribution in [0.4, 0.5) is 10.1 Å². The maximum Gasteiger partial charge on any atom is 0.241 e. The summed E-state index contributed by atoms with van der Waals surface area (Å²) in [5, 5.41) is 3.17. The van der Waals surface area contributed by atoms with Crippen LogP contribution in [0.1, 0.15) is 12.5 Å². The van der Waals surface area contributed by atoms with Crippen LogP contribution >= 0.6 is 11.6 Å². The molecule has 2 aromatic carbocycles. The number of likely N-dealkylation sites (N-methyl/N-ethyl adjacent to an activating group) is 1. The molecule has 0 fully saturated rings. The Morgan fingerprint density at radius 3 is 2.84 bits per heavy atom. The van der Waals surface area contributed by atoms with Gasteiger partial charge in [0, 0.05) is 28.9 Å². The van der Waals surface area contributed by atoms with E-state index in [2.05, 4.69) is 5.32 Å². The van der Waals surface area contributed by atoms with Crippen LogP contribution in [0.2, 0.25) is 5.02 Å². The summed E-state index contributed by atoms with van der Waals surface area (Å²) in [5.74, 6) is 0.644. The number of amides is 1. The van der Waals surface area contributed by atoms with Gasteiger partial charge < -0.3 is 14.8 Å². The van der Waals surface area contributed by atoms with Gasteiger partial charge in [0.05, 0.1) is 6.04 Å². The van der Waals surface area contributed by atoms with E-state index in [-0.39, 0.29) is 25.1 Å². The molecule has 1 atom stereocenters. The summed E-state index contributed by atoms with van der Waals surface area (Å²) < 4.78 is 24.4. The predicted octanol–water partition coefficient (Wildman–Crippen LogP) is 3.67. The number of hydrogen-bond donors (Lipinski definition) is 1. The second kappa shape index (κ2) is 7.29. The van der Waals surface area contributed by atoms with E-state index in [0.717, 1.165) is 0 Å². The first-order valence-electron chi connectivity index (χ1n) is 7.79. The number of rotatable bonds is 5. The molecule has 3 rings (SSSR count). The minimum Gasteiger partial charge on any atom is -0.454 e. The first-order chi connectivity index (χ1) is 12.0. The number of fused-ring (bicyclic) bond motifs is 1. The van der Waals surface area contributed by atoms with Crippen LogP contribution in [-0.4, -0.2) is 30.7 Å². The molecule has 0 aliphatic carbocycles. The standard InChI is InChI=1S/C18H18ClFN2O3/c1-11(22(2)9-13-14(19)4-3-5-15(13)20)18(23)21-12-6-7-16-17(8-12)25-10-24-16/h3-8,11H,9-10H2,1-2H3,(H,21,23). The van der Waals surface area contributed by atoms with E-state index in [9.17, 15) is 9.18 Å². The molecule has 5 nitrogen and oxygen atoms in total. The van der Waals surface area contributed by atoms with E-state index < -0.39 is 6.04 Å². The minimum atomic E-state index is -0.485. The molecule has 1 aliphatic rings. The summed E-state index contributed by atoms with van der Waals surface area (Å²) in [6, 6.07) is 9.24. The summed E-state index contributed by atoms with van der Waals surface area (Å²) in [7, 11) is 1.74. The molecule has 132 valence electrons. The van der Waals surface area contributed by atoms with Crippen LogP contribution < -0.4 is 14.8 Å². The van der Waals surface area contributed by atoms with Crippen LogP contribution in [0.15, 0.2) is 36.4 Å². The maximum atomic E-state index is 13.9. The van der Waals surface area contributed by atoms with Gasteiger partial charge in [-0.05, 0) is 38.2 Å². The molecule has 2 aromatic rings. The van der Waals surface area contributed by atoms with Crippen molar-refractivity contribution in [3.63, 3.8) is 0 Å². The number of anilines is 1. The van der Waals surface area contributed by atoms with Gasteiger partial charge in [-0.2, -0.15) is 0 Å². The van der Waals surface area contributed by atoms with E-state index in [4.69, 9.17) is 21.1 Å². The molecule has 1 unspecified atom stereocenters. The highest BCUT2D eigenvalue weighted by atomic mass is 35.5. The quantitative estimate of drug-likeness (QED) is 0.879. The fraction of sp³-hybridized carbons (Fsp3) is 0.278. The van der Waals surface area contributed by atoms with Crippen molar-refractivity contribution < 1.29 is 18.7 Å². The first kappa shape index (κ1) is 17.5. The molecule has 0 saturated heterocycles. The Labute approximate surface area is 150 Å². The van der Waals surface area contributed by atoms with E-state index in [1.807, 2.05) is 0 Å². The number of carbonyl (C=O) groups is 1. The van der Waals surface area contributed by atoms with Gasteiger partial charge in [-0.15, -0.1) is 0 Å². The van der Waals surface area contributed by atoms with Crippen molar-refractivity contribution in [2.45, 2.75) is 19.5 Å². The zero-order valence-corrected chi connectivity index (χ0v) is 14.6. The van der Waals surface area contributed by atoms with Gasteiger partial charge in [-0.3, -0.25) is 9.69 Å². The molecule has 0 radical (unpaired) electrons. The van der Waals surface area contributed by atoms with Crippen molar-refractivity contribution in [1.82, 2.24) is 4.90 Å². The van der Waals surface area contributed by atoms with Crippen LogP contribution in [0.25, 0.3) is 0 Å². The Kier molecular flexibility index (Phi) is 5.11. The molecule has 0 bridgehead atoms. The first-order valence-corrected chi connectivity index (χ1v) is 8.17. The summed E-state index contributed by atoms with van der Waals surface area (Å²) in [6.07, 6.45) is 0. The highest BCUT2D eigenvalue weighted by molar-refractivity contribution is 6.31. The van der Waals surface area contributed by atoms with E-state index >= 15 is 0 Å². The molecule has 1 aliphatic heterocycles. The molecule has 0 saturated carbocycles. The molecular formula is C18H18ClFN2O3. The second-order valence-corrected chi connectivity index (χ2v) is 6.26. The van der Waals surface area contributed by atoms with Crippen molar-refractivity contribution in [3.05, 3.63) is 52.8 Å². The predicted molar refractivity (Wildman–Crippen MR) is 93.5 cm³/mol. The number of hydrogen-bond acceptors (Lipinski definition) is 4. The molecule has 1 heterocycles. The molecule has 0 spiro atoms. The fourth-order valence-electron chi connectivity index (χ4n) is 2.49. The normalized spacial score (nSPS) is 13.8. The lowest BCUT2D eigenvalue weighted by molar-refractivity contribution is -0.120. The maximum absolute atomic E-state index is 13.9. The van der Waals surface area contributed by atoms with Crippen LogP contribution in [0.5, 0.6) is 11.5 Å². The number of halogens is 2. The van der Waals surface area contributed by atoms with Crippen molar-refractivity contribution in [3.8, 4) is 11.5 Å². The number of carbonyl (C=O) groups excluding carboxylic acids is 1. The third kappa shape index (κ3) is 3.86. The smallest absolute Gasteiger partial charge is 0.241 e. The van der Waals surface area contributed by atoms with Crippen LogP contribution in [0.3, 0.4) is 0 Å². The largest absolute Gasteiger partial charge is 0.454 e. The SMILES string of the molecule is CC(C(=O)Nc1ccc2c(c1)OCO2)N(C)Cc1c(F)cccc1Cl. The summed E-state index contributed by atoms with van der Waals surface area (Å²) in [6.45, 7) is 2.15. The monoisotopic (exact) mass is 364 g/mol. The zero-order valence-electron chi connectivity index (χ0n) is 13.9. The van der Waals surface area contributed by atoms with Crippen LogP contribution in [-0.2, 0) is 11.3 Å². The molecule has 25 heavy (non-hydrogen) atoms. The second-order valence-electron chi connectivity index (χ2n) is 5.85.